The number of hydrogen-bond donors (Lipinski definition) is 2. The Labute approximate surface area is 242 Å². The average Bonchev–Trinajstić information content (AvgIpc) is 3.61. The minimum absolute atomic E-state index is 0.0218. The van der Waals surface area contributed by atoms with Gasteiger partial charge in [0.05, 0.1) is 37.3 Å². The van der Waals surface area contributed by atoms with Crippen LogP contribution in [0.4, 0.5) is 8.78 Å². The molecule has 2 fully saturated rings. The SMILES string of the molecule is COc1cc(C(=O)NC[C@]2(c3cc(C(C)(C)O)c(F)c(-c4ccc(F)cc4)n3)CC3(CC3)CO2)cc2cc(C)nnc12. The predicted octanol–water partition coefficient (Wildman–Crippen LogP) is 5.34. The zero-order chi connectivity index (χ0) is 29.9. The van der Waals surface area contributed by atoms with E-state index in [4.69, 9.17) is 14.5 Å². The Morgan fingerprint density at radius 1 is 1.12 bits per heavy atom. The lowest BCUT2D eigenvalue weighted by Crippen LogP contribution is -2.41. The fraction of sp³-hybridized carbons (Fsp3) is 0.375. The number of rotatable bonds is 7. The standard InChI is InChI=1S/C32H32F2N4O4/c1-18-11-20-12-21(13-24(41-4)27(20)38-37-18)29(39)35-16-32(15-31(9-10-31)17-42-32)25-14-23(30(2,3)40)26(34)28(36-25)19-5-7-22(33)8-6-19/h5-8,11-14,40H,9-10,15-17H2,1-4H3,(H,35,39)/t32-/m0/s1. The maximum absolute atomic E-state index is 15.8. The molecule has 1 saturated carbocycles. The number of benzene rings is 2. The maximum atomic E-state index is 15.8. The summed E-state index contributed by atoms with van der Waals surface area (Å²) in [5.41, 5.74) is -0.249. The molecule has 0 radical (unpaired) electrons. The molecule has 1 aliphatic carbocycles. The molecule has 3 heterocycles. The minimum Gasteiger partial charge on any atom is -0.494 e. The highest BCUT2D eigenvalue weighted by Crippen LogP contribution is 2.59. The normalized spacial score (nSPS) is 19.3. The number of carbonyl (C=O) groups excluding carboxylic acids is 1. The fourth-order valence-electron chi connectivity index (χ4n) is 5.71. The van der Waals surface area contributed by atoms with Crippen LogP contribution in [0.2, 0.25) is 0 Å². The molecule has 218 valence electrons. The zero-order valence-corrected chi connectivity index (χ0v) is 23.9. The Bertz CT molecular complexity index is 1700. The Morgan fingerprint density at radius 3 is 2.50 bits per heavy atom. The third kappa shape index (κ3) is 5.09. The lowest BCUT2D eigenvalue weighted by Gasteiger charge is -2.31. The molecule has 2 aromatic heterocycles. The van der Waals surface area contributed by atoms with Crippen molar-refractivity contribution in [1.29, 1.82) is 0 Å². The molecule has 2 aromatic carbocycles. The van der Waals surface area contributed by atoms with E-state index in [2.05, 4.69) is 15.5 Å². The number of amides is 1. The van der Waals surface area contributed by atoms with E-state index in [0.29, 0.717) is 46.8 Å². The molecule has 10 heteroatoms. The molecule has 1 saturated heterocycles. The summed E-state index contributed by atoms with van der Waals surface area (Å²) in [6.45, 7) is 5.35. The number of pyridine rings is 1. The van der Waals surface area contributed by atoms with E-state index in [-0.39, 0.29) is 29.1 Å². The summed E-state index contributed by atoms with van der Waals surface area (Å²) in [7, 11) is 1.51. The van der Waals surface area contributed by atoms with Crippen molar-refractivity contribution in [2.75, 3.05) is 20.3 Å². The molecule has 1 spiro atoms. The van der Waals surface area contributed by atoms with Crippen molar-refractivity contribution < 1.29 is 28.2 Å². The monoisotopic (exact) mass is 574 g/mol. The number of methoxy groups -OCH3 is 1. The van der Waals surface area contributed by atoms with Crippen LogP contribution in [0.5, 0.6) is 5.75 Å². The summed E-state index contributed by atoms with van der Waals surface area (Å²) in [6.07, 6.45) is 2.54. The Kier molecular flexibility index (Phi) is 6.74. The van der Waals surface area contributed by atoms with Gasteiger partial charge in [-0.05, 0) is 94.0 Å². The molecular formula is C32H32F2N4O4. The number of nitrogens with zero attached hydrogens (tertiary/aromatic N) is 3. The second-order valence-electron chi connectivity index (χ2n) is 12.0. The van der Waals surface area contributed by atoms with Gasteiger partial charge >= 0.3 is 0 Å². The van der Waals surface area contributed by atoms with Crippen LogP contribution in [-0.2, 0) is 15.9 Å². The molecular weight excluding hydrogens is 542 g/mol. The quantitative estimate of drug-likeness (QED) is 0.307. The summed E-state index contributed by atoms with van der Waals surface area (Å²) < 4.78 is 41.5. The van der Waals surface area contributed by atoms with Crippen molar-refractivity contribution in [3.63, 3.8) is 0 Å². The van der Waals surface area contributed by atoms with Gasteiger partial charge in [-0.25, -0.2) is 13.8 Å². The lowest BCUT2D eigenvalue weighted by molar-refractivity contribution is -0.00378. The molecule has 1 atom stereocenters. The number of fused-ring (bicyclic) bond motifs is 1. The molecule has 1 amide bonds. The average molecular weight is 575 g/mol. The highest BCUT2D eigenvalue weighted by molar-refractivity contribution is 5.99. The van der Waals surface area contributed by atoms with E-state index in [0.717, 1.165) is 18.2 Å². The first-order chi connectivity index (χ1) is 19.9. The van der Waals surface area contributed by atoms with Gasteiger partial charge in [-0.3, -0.25) is 4.79 Å². The topological polar surface area (TPSA) is 106 Å². The number of carbonyl (C=O) groups is 1. The first-order valence-corrected chi connectivity index (χ1v) is 13.9. The predicted molar refractivity (Wildman–Crippen MR) is 152 cm³/mol. The Balaban J connectivity index is 1.40. The molecule has 42 heavy (non-hydrogen) atoms. The second kappa shape index (κ2) is 10.1. The van der Waals surface area contributed by atoms with Crippen LogP contribution in [0.25, 0.3) is 22.2 Å². The van der Waals surface area contributed by atoms with Gasteiger partial charge in [-0.2, -0.15) is 5.10 Å². The molecule has 2 aliphatic rings. The fourth-order valence-corrected chi connectivity index (χ4v) is 5.71. The Morgan fingerprint density at radius 2 is 1.86 bits per heavy atom. The molecule has 2 N–H and O–H groups in total. The third-order valence-electron chi connectivity index (χ3n) is 8.27. The van der Waals surface area contributed by atoms with Crippen molar-refractivity contribution >= 4 is 16.8 Å². The number of hydrogen-bond acceptors (Lipinski definition) is 7. The maximum Gasteiger partial charge on any atom is 0.251 e. The van der Waals surface area contributed by atoms with Crippen molar-refractivity contribution in [2.24, 2.45) is 5.41 Å². The van der Waals surface area contributed by atoms with E-state index in [9.17, 15) is 14.3 Å². The van der Waals surface area contributed by atoms with Crippen molar-refractivity contribution in [3.8, 4) is 17.0 Å². The summed E-state index contributed by atoms with van der Waals surface area (Å²) in [6, 6.07) is 12.1. The molecule has 6 rings (SSSR count). The molecule has 0 bridgehead atoms. The van der Waals surface area contributed by atoms with Crippen LogP contribution in [-0.4, -0.2) is 46.5 Å². The van der Waals surface area contributed by atoms with Gasteiger partial charge in [0.25, 0.3) is 5.91 Å². The van der Waals surface area contributed by atoms with Gasteiger partial charge < -0.3 is 19.9 Å². The van der Waals surface area contributed by atoms with Gasteiger partial charge in [0, 0.05) is 22.1 Å². The van der Waals surface area contributed by atoms with E-state index >= 15 is 4.39 Å². The summed E-state index contributed by atoms with van der Waals surface area (Å²) >= 11 is 0. The third-order valence-corrected chi connectivity index (χ3v) is 8.27. The highest BCUT2D eigenvalue weighted by Gasteiger charge is 2.57. The minimum atomic E-state index is -1.54. The van der Waals surface area contributed by atoms with Gasteiger partial charge in [0.15, 0.2) is 5.82 Å². The van der Waals surface area contributed by atoms with Crippen molar-refractivity contribution in [3.05, 3.63) is 82.7 Å². The van der Waals surface area contributed by atoms with Gasteiger partial charge in [-0.1, -0.05) is 0 Å². The largest absolute Gasteiger partial charge is 0.494 e. The lowest BCUT2D eigenvalue weighted by atomic mass is 9.85. The van der Waals surface area contributed by atoms with E-state index in [1.54, 1.807) is 12.1 Å². The number of aromatic nitrogens is 3. The van der Waals surface area contributed by atoms with Crippen molar-refractivity contribution in [1.82, 2.24) is 20.5 Å². The van der Waals surface area contributed by atoms with Crippen LogP contribution in [0.3, 0.4) is 0 Å². The number of aryl methyl sites for hydroxylation is 1. The van der Waals surface area contributed by atoms with E-state index < -0.39 is 22.8 Å². The first kappa shape index (κ1) is 28.1. The smallest absolute Gasteiger partial charge is 0.251 e. The number of aliphatic hydroxyl groups is 1. The van der Waals surface area contributed by atoms with Crippen LogP contribution in [0, 0.1) is 24.0 Å². The second-order valence-corrected chi connectivity index (χ2v) is 12.0. The van der Waals surface area contributed by atoms with Gasteiger partial charge in [0.1, 0.15) is 28.4 Å². The van der Waals surface area contributed by atoms with E-state index in [1.165, 1.54) is 51.3 Å². The number of ether oxygens (including phenoxy) is 2. The highest BCUT2D eigenvalue weighted by atomic mass is 19.1. The number of nitrogens with one attached hydrogen (secondary N) is 1. The molecule has 4 aromatic rings. The van der Waals surface area contributed by atoms with Crippen LogP contribution < -0.4 is 10.1 Å². The summed E-state index contributed by atoms with van der Waals surface area (Å²) in [5.74, 6) is -1.08. The van der Waals surface area contributed by atoms with Gasteiger partial charge in [-0.15, -0.1) is 5.10 Å². The Hall–Kier alpha value is -4.02. The van der Waals surface area contributed by atoms with Gasteiger partial charge in [0.2, 0.25) is 0 Å². The van der Waals surface area contributed by atoms with Crippen LogP contribution in [0.1, 0.15) is 60.4 Å². The molecule has 0 unspecified atom stereocenters. The summed E-state index contributed by atoms with van der Waals surface area (Å²) in [4.78, 5) is 18.2. The molecule has 8 nitrogen and oxygen atoms in total. The molecule has 1 aliphatic heterocycles. The number of halogens is 2. The first-order valence-electron chi connectivity index (χ1n) is 13.9. The van der Waals surface area contributed by atoms with Crippen LogP contribution in [0.15, 0.2) is 48.5 Å². The zero-order valence-electron chi connectivity index (χ0n) is 23.9. The van der Waals surface area contributed by atoms with Crippen LogP contribution >= 0.6 is 0 Å². The van der Waals surface area contributed by atoms with E-state index in [1.807, 2.05) is 13.0 Å². The van der Waals surface area contributed by atoms with Crippen molar-refractivity contribution in [2.45, 2.75) is 51.2 Å². The summed E-state index contributed by atoms with van der Waals surface area (Å²) in [5, 5.41) is 22.9.